The number of rotatable bonds is 1. The molecule has 4 heteroatoms. The summed E-state index contributed by atoms with van der Waals surface area (Å²) in [6.45, 7) is 0. The molecule has 0 radical (unpaired) electrons. The van der Waals surface area contributed by atoms with Crippen LogP contribution in [0.3, 0.4) is 0 Å². The highest BCUT2D eigenvalue weighted by Crippen LogP contribution is 2.16. The number of benzene rings is 1. The molecule has 0 spiro atoms. The van der Waals surface area contributed by atoms with Gasteiger partial charge in [-0.15, -0.1) is 0 Å². The number of halogens is 2. The van der Waals surface area contributed by atoms with Crippen LogP contribution in [0.2, 0.25) is 0 Å². The second-order valence-corrected chi connectivity index (χ2v) is 4.10. The van der Waals surface area contributed by atoms with Crippen LogP contribution in [0.4, 0.5) is 0 Å². The summed E-state index contributed by atoms with van der Waals surface area (Å²) in [5, 5.41) is 0.739. The van der Waals surface area contributed by atoms with Crippen LogP contribution in [0.5, 0.6) is 0 Å². The van der Waals surface area contributed by atoms with Gasteiger partial charge in [0.05, 0.1) is 16.7 Å². The van der Waals surface area contributed by atoms with Crippen LogP contribution in [0.15, 0.2) is 28.9 Å². The zero-order chi connectivity index (χ0) is 9.26. The van der Waals surface area contributed by atoms with Crippen LogP contribution >= 0.6 is 31.9 Å². The molecule has 0 fully saturated rings. The summed E-state index contributed by atoms with van der Waals surface area (Å²) in [4.78, 5) is 8.69. The Labute approximate surface area is 92.7 Å². The monoisotopic (exact) mass is 300 g/mol. The van der Waals surface area contributed by atoms with Crippen molar-refractivity contribution in [1.29, 1.82) is 0 Å². The number of hydrogen-bond acceptors (Lipinski definition) is 2. The minimum atomic E-state index is 0.739. The Hall–Kier alpha value is -0.480. The first-order chi connectivity index (χ1) is 6.29. The molecule has 66 valence electrons. The highest BCUT2D eigenvalue weighted by molar-refractivity contribution is 9.10. The molecule has 1 heterocycles. The van der Waals surface area contributed by atoms with Gasteiger partial charge in [0.15, 0.2) is 0 Å². The van der Waals surface area contributed by atoms with E-state index < -0.39 is 0 Å². The lowest BCUT2D eigenvalue weighted by Gasteiger charge is -1.98. The van der Waals surface area contributed by atoms with Crippen molar-refractivity contribution in [1.82, 2.24) is 9.97 Å². The van der Waals surface area contributed by atoms with E-state index in [1.54, 1.807) is 6.20 Å². The number of hydrogen-bond donors (Lipinski definition) is 0. The van der Waals surface area contributed by atoms with Gasteiger partial charge in [0, 0.05) is 16.0 Å². The molecule has 0 N–H and O–H groups in total. The van der Waals surface area contributed by atoms with Crippen molar-refractivity contribution < 1.29 is 0 Å². The summed E-state index contributed by atoms with van der Waals surface area (Å²) < 4.78 is 1.03. The predicted octanol–water partition coefficient (Wildman–Crippen LogP) is 3.29. The summed E-state index contributed by atoms with van der Waals surface area (Å²) in [7, 11) is 0. The normalized spacial score (nSPS) is 10.6. The van der Waals surface area contributed by atoms with Gasteiger partial charge in [0.1, 0.15) is 0 Å². The smallest absolute Gasteiger partial charge is 0.0901 e. The molecule has 2 rings (SSSR count). The van der Waals surface area contributed by atoms with E-state index in [2.05, 4.69) is 41.8 Å². The molecule has 1 aromatic carbocycles. The summed E-state index contributed by atoms with van der Waals surface area (Å²) in [6, 6.07) is 5.88. The Morgan fingerprint density at radius 2 is 2.08 bits per heavy atom. The fraction of sp³-hybridized carbons (Fsp3) is 0.111. The van der Waals surface area contributed by atoms with Gasteiger partial charge in [-0.25, -0.2) is 4.98 Å². The Balaban J connectivity index is 2.68. The molecule has 0 atom stereocenters. The van der Waals surface area contributed by atoms with Crippen LogP contribution in [-0.4, -0.2) is 9.97 Å². The van der Waals surface area contributed by atoms with Gasteiger partial charge in [0.2, 0.25) is 0 Å². The average Bonchev–Trinajstić information content (AvgIpc) is 2.16. The number of aromatic nitrogens is 2. The highest BCUT2D eigenvalue weighted by Gasteiger charge is 1.98. The van der Waals surface area contributed by atoms with Gasteiger partial charge in [-0.05, 0) is 18.2 Å². The average molecular weight is 302 g/mol. The van der Waals surface area contributed by atoms with Gasteiger partial charge < -0.3 is 0 Å². The SMILES string of the molecule is BrCc1cnc2ccc(Br)cc2n1. The molecule has 1 aromatic heterocycles. The van der Waals surface area contributed by atoms with Crippen molar-refractivity contribution >= 4 is 42.9 Å². The lowest BCUT2D eigenvalue weighted by atomic mass is 10.3. The van der Waals surface area contributed by atoms with E-state index in [0.717, 1.165) is 26.5 Å². The first kappa shape index (κ1) is 9.09. The van der Waals surface area contributed by atoms with Crippen LogP contribution in [0.1, 0.15) is 5.69 Å². The zero-order valence-corrected chi connectivity index (χ0v) is 9.84. The Bertz CT molecular complexity index is 443. The van der Waals surface area contributed by atoms with Gasteiger partial charge in [-0.3, -0.25) is 4.98 Å². The quantitative estimate of drug-likeness (QED) is 0.755. The third-order valence-electron chi connectivity index (χ3n) is 1.69. The second-order valence-electron chi connectivity index (χ2n) is 2.63. The van der Waals surface area contributed by atoms with Crippen molar-refractivity contribution in [3.05, 3.63) is 34.6 Å². The van der Waals surface area contributed by atoms with Crippen LogP contribution < -0.4 is 0 Å². The fourth-order valence-electron chi connectivity index (χ4n) is 1.09. The summed E-state index contributed by atoms with van der Waals surface area (Å²) in [5.41, 5.74) is 2.80. The molecule has 0 bridgehead atoms. The third kappa shape index (κ3) is 1.89. The highest BCUT2D eigenvalue weighted by atomic mass is 79.9. The standard InChI is InChI=1S/C9H6Br2N2/c10-4-7-5-12-8-2-1-6(11)3-9(8)13-7/h1-3,5H,4H2. The Morgan fingerprint density at radius 3 is 2.85 bits per heavy atom. The zero-order valence-electron chi connectivity index (χ0n) is 6.67. The predicted molar refractivity (Wildman–Crippen MR) is 59.9 cm³/mol. The minimum absolute atomic E-state index is 0.739. The van der Waals surface area contributed by atoms with Crippen LogP contribution in [-0.2, 0) is 5.33 Å². The third-order valence-corrected chi connectivity index (χ3v) is 2.76. The molecule has 2 nitrogen and oxygen atoms in total. The molecule has 0 saturated heterocycles. The molecule has 0 aliphatic carbocycles. The maximum Gasteiger partial charge on any atom is 0.0901 e. The van der Waals surface area contributed by atoms with E-state index in [1.165, 1.54) is 0 Å². The van der Waals surface area contributed by atoms with Crippen LogP contribution in [0.25, 0.3) is 11.0 Å². The van der Waals surface area contributed by atoms with Gasteiger partial charge in [-0.2, -0.15) is 0 Å². The molecular weight excluding hydrogens is 296 g/mol. The van der Waals surface area contributed by atoms with E-state index in [4.69, 9.17) is 0 Å². The molecule has 0 unspecified atom stereocenters. The van der Waals surface area contributed by atoms with E-state index in [1.807, 2.05) is 18.2 Å². The van der Waals surface area contributed by atoms with E-state index in [-0.39, 0.29) is 0 Å². The molecule has 0 aliphatic heterocycles. The van der Waals surface area contributed by atoms with Gasteiger partial charge >= 0.3 is 0 Å². The largest absolute Gasteiger partial charge is 0.253 e. The number of nitrogens with zero attached hydrogens (tertiary/aromatic N) is 2. The molecule has 2 aromatic rings. The summed E-state index contributed by atoms with van der Waals surface area (Å²) in [5.74, 6) is 0. The van der Waals surface area contributed by atoms with Crippen molar-refractivity contribution in [3.63, 3.8) is 0 Å². The van der Waals surface area contributed by atoms with E-state index in [9.17, 15) is 0 Å². The fourth-order valence-corrected chi connectivity index (χ4v) is 1.71. The van der Waals surface area contributed by atoms with E-state index >= 15 is 0 Å². The van der Waals surface area contributed by atoms with Crippen molar-refractivity contribution in [2.24, 2.45) is 0 Å². The summed E-state index contributed by atoms with van der Waals surface area (Å²) >= 11 is 6.75. The van der Waals surface area contributed by atoms with Crippen LogP contribution in [0, 0.1) is 0 Å². The first-order valence-electron chi connectivity index (χ1n) is 3.77. The lowest BCUT2D eigenvalue weighted by Crippen LogP contribution is -1.89. The molecule has 0 saturated carbocycles. The molecule has 0 amide bonds. The van der Waals surface area contributed by atoms with Crippen molar-refractivity contribution in [2.45, 2.75) is 5.33 Å². The number of alkyl halides is 1. The second kappa shape index (κ2) is 3.72. The van der Waals surface area contributed by atoms with Crippen molar-refractivity contribution in [2.75, 3.05) is 0 Å². The summed E-state index contributed by atoms with van der Waals surface area (Å²) in [6.07, 6.45) is 1.78. The minimum Gasteiger partial charge on any atom is -0.253 e. The van der Waals surface area contributed by atoms with Gasteiger partial charge in [-0.1, -0.05) is 31.9 Å². The van der Waals surface area contributed by atoms with E-state index in [0.29, 0.717) is 0 Å². The topological polar surface area (TPSA) is 25.8 Å². The first-order valence-corrected chi connectivity index (χ1v) is 5.68. The van der Waals surface area contributed by atoms with Crippen molar-refractivity contribution in [3.8, 4) is 0 Å². The molecule has 0 aliphatic rings. The number of fused-ring (bicyclic) bond motifs is 1. The Morgan fingerprint density at radius 1 is 1.23 bits per heavy atom. The van der Waals surface area contributed by atoms with Gasteiger partial charge in [0.25, 0.3) is 0 Å². The molecular formula is C9H6Br2N2. The maximum absolute atomic E-state index is 4.42. The lowest BCUT2D eigenvalue weighted by molar-refractivity contribution is 1.17. The Kier molecular flexibility index (Phi) is 2.60. The maximum atomic E-state index is 4.42. The molecule has 13 heavy (non-hydrogen) atoms.